The van der Waals surface area contributed by atoms with Crippen LogP contribution in [-0.2, 0) is 9.59 Å². The molecule has 0 heterocycles. The zero-order chi connectivity index (χ0) is 18.3. The van der Waals surface area contributed by atoms with E-state index in [4.69, 9.17) is 0 Å². The average Bonchev–Trinajstić information content (AvgIpc) is 2.50. The standard InChI is InChI=1S/C16H24N4O4/c1-11(19-15(22)16(2,3)4)14(21)18-10-9-17-12-7-5-6-8-13(12)20(23)24/h5-8,11,17H,9-10H2,1-4H3,(H,18,21)(H,19,22). The van der Waals surface area contributed by atoms with Gasteiger partial charge in [-0.25, -0.2) is 0 Å². The molecule has 1 unspecified atom stereocenters. The number of nitrogens with one attached hydrogen (secondary N) is 3. The second kappa shape index (κ2) is 8.28. The van der Waals surface area contributed by atoms with Gasteiger partial charge in [-0.1, -0.05) is 32.9 Å². The van der Waals surface area contributed by atoms with Gasteiger partial charge in [0.2, 0.25) is 11.8 Å². The molecule has 24 heavy (non-hydrogen) atoms. The van der Waals surface area contributed by atoms with E-state index in [1.54, 1.807) is 45.9 Å². The maximum atomic E-state index is 11.9. The van der Waals surface area contributed by atoms with Crippen LogP contribution in [0.5, 0.6) is 0 Å². The van der Waals surface area contributed by atoms with E-state index >= 15 is 0 Å². The first-order chi connectivity index (χ1) is 11.1. The third kappa shape index (κ3) is 5.86. The largest absolute Gasteiger partial charge is 0.378 e. The van der Waals surface area contributed by atoms with Crippen LogP contribution in [0.3, 0.4) is 0 Å². The van der Waals surface area contributed by atoms with Crippen LogP contribution in [0.25, 0.3) is 0 Å². The Morgan fingerprint density at radius 3 is 2.42 bits per heavy atom. The Morgan fingerprint density at radius 2 is 1.83 bits per heavy atom. The predicted molar refractivity (Wildman–Crippen MR) is 91.7 cm³/mol. The smallest absolute Gasteiger partial charge is 0.292 e. The summed E-state index contributed by atoms with van der Waals surface area (Å²) in [4.78, 5) is 34.2. The lowest BCUT2D eigenvalue weighted by Gasteiger charge is -2.21. The Kier molecular flexibility index (Phi) is 6.69. The number of carbonyl (C=O) groups excluding carboxylic acids is 2. The maximum absolute atomic E-state index is 11.9. The number of hydrogen-bond acceptors (Lipinski definition) is 5. The summed E-state index contributed by atoms with van der Waals surface area (Å²) in [7, 11) is 0. The van der Waals surface area contributed by atoms with Crippen LogP contribution >= 0.6 is 0 Å². The normalized spacial score (nSPS) is 12.2. The van der Waals surface area contributed by atoms with Crippen LogP contribution in [0.1, 0.15) is 27.7 Å². The predicted octanol–water partition coefficient (Wildman–Crippen LogP) is 1.67. The number of amides is 2. The molecule has 132 valence electrons. The van der Waals surface area contributed by atoms with Gasteiger partial charge in [-0.3, -0.25) is 19.7 Å². The number of para-hydroxylation sites is 2. The number of rotatable bonds is 7. The van der Waals surface area contributed by atoms with Crippen molar-refractivity contribution in [3.05, 3.63) is 34.4 Å². The van der Waals surface area contributed by atoms with Gasteiger partial charge in [-0.05, 0) is 13.0 Å². The minimum absolute atomic E-state index is 0.0189. The zero-order valence-corrected chi connectivity index (χ0v) is 14.4. The highest BCUT2D eigenvalue weighted by molar-refractivity contribution is 5.89. The molecule has 0 aromatic heterocycles. The molecule has 0 radical (unpaired) electrons. The van der Waals surface area contributed by atoms with E-state index in [0.29, 0.717) is 12.2 Å². The topological polar surface area (TPSA) is 113 Å². The van der Waals surface area contributed by atoms with Crippen molar-refractivity contribution in [2.75, 3.05) is 18.4 Å². The van der Waals surface area contributed by atoms with Gasteiger partial charge in [0.15, 0.2) is 0 Å². The van der Waals surface area contributed by atoms with Gasteiger partial charge >= 0.3 is 0 Å². The number of hydrogen-bond donors (Lipinski definition) is 3. The third-order valence-corrected chi connectivity index (χ3v) is 3.26. The van der Waals surface area contributed by atoms with Gasteiger partial charge in [-0.15, -0.1) is 0 Å². The van der Waals surface area contributed by atoms with Crippen molar-refractivity contribution in [1.82, 2.24) is 10.6 Å². The zero-order valence-electron chi connectivity index (χ0n) is 14.4. The molecule has 1 rings (SSSR count). The second-order valence-electron chi connectivity index (χ2n) is 6.44. The molecule has 8 nitrogen and oxygen atoms in total. The number of nitro groups is 1. The van der Waals surface area contributed by atoms with Gasteiger partial charge in [0.1, 0.15) is 11.7 Å². The summed E-state index contributed by atoms with van der Waals surface area (Å²) in [6.45, 7) is 7.52. The molecule has 0 aliphatic heterocycles. The van der Waals surface area contributed by atoms with E-state index in [1.807, 2.05) is 0 Å². The Hall–Kier alpha value is -2.64. The number of anilines is 1. The first-order valence-corrected chi connectivity index (χ1v) is 7.69. The average molecular weight is 336 g/mol. The SMILES string of the molecule is CC(NC(=O)C(C)(C)C)C(=O)NCCNc1ccccc1[N+](=O)[O-]. The summed E-state index contributed by atoms with van der Waals surface area (Å²) in [6, 6.07) is 5.64. The molecule has 1 aromatic carbocycles. The molecular weight excluding hydrogens is 312 g/mol. The van der Waals surface area contributed by atoms with Crippen LogP contribution in [0.15, 0.2) is 24.3 Å². The molecule has 0 aliphatic rings. The molecule has 0 spiro atoms. The van der Waals surface area contributed by atoms with Crippen LogP contribution < -0.4 is 16.0 Å². The van der Waals surface area contributed by atoms with Crippen LogP contribution in [0.2, 0.25) is 0 Å². The fourth-order valence-corrected chi connectivity index (χ4v) is 1.80. The number of benzene rings is 1. The third-order valence-electron chi connectivity index (χ3n) is 3.26. The fourth-order valence-electron chi connectivity index (χ4n) is 1.80. The molecule has 0 saturated heterocycles. The van der Waals surface area contributed by atoms with Gasteiger partial charge < -0.3 is 16.0 Å². The summed E-state index contributed by atoms with van der Waals surface area (Å²) in [6.07, 6.45) is 0. The lowest BCUT2D eigenvalue weighted by atomic mass is 9.95. The highest BCUT2D eigenvalue weighted by Crippen LogP contribution is 2.22. The molecule has 0 fully saturated rings. The van der Waals surface area contributed by atoms with Crippen LogP contribution in [0.4, 0.5) is 11.4 Å². The lowest BCUT2D eigenvalue weighted by Crippen LogP contribution is -2.48. The minimum atomic E-state index is -0.650. The van der Waals surface area contributed by atoms with E-state index in [2.05, 4.69) is 16.0 Å². The van der Waals surface area contributed by atoms with E-state index in [0.717, 1.165) is 0 Å². The molecule has 3 N–H and O–H groups in total. The molecule has 8 heteroatoms. The summed E-state index contributed by atoms with van der Waals surface area (Å²) in [5.41, 5.74) is -0.192. The quantitative estimate of drug-likeness (QED) is 0.398. The van der Waals surface area contributed by atoms with Crippen molar-refractivity contribution in [1.29, 1.82) is 0 Å². The van der Waals surface area contributed by atoms with Crippen molar-refractivity contribution < 1.29 is 14.5 Å². The number of carbonyl (C=O) groups is 2. The van der Waals surface area contributed by atoms with Crippen LogP contribution in [0, 0.1) is 15.5 Å². The Bertz CT molecular complexity index is 610. The van der Waals surface area contributed by atoms with Gasteiger partial charge in [0.05, 0.1) is 4.92 Å². The van der Waals surface area contributed by atoms with E-state index in [1.165, 1.54) is 6.07 Å². The lowest BCUT2D eigenvalue weighted by molar-refractivity contribution is -0.384. The number of nitrogens with zero attached hydrogens (tertiary/aromatic N) is 1. The second-order valence-corrected chi connectivity index (χ2v) is 6.44. The molecule has 0 saturated carbocycles. The highest BCUT2D eigenvalue weighted by Gasteiger charge is 2.24. The molecule has 0 aliphatic carbocycles. The van der Waals surface area contributed by atoms with Crippen molar-refractivity contribution in [2.24, 2.45) is 5.41 Å². The van der Waals surface area contributed by atoms with Crippen molar-refractivity contribution in [3.8, 4) is 0 Å². The maximum Gasteiger partial charge on any atom is 0.292 e. The molecule has 1 aromatic rings. The first-order valence-electron chi connectivity index (χ1n) is 7.69. The Balaban J connectivity index is 2.41. The van der Waals surface area contributed by atoms with Crippen molar-refractivity contribution >= 4 is 23.2 Å². The number of nitro benzene ring substituents is 1. The van der Waals surface area contributed by atoms with Crippen molar-refractivity contribution in [2.45, 2.75) is 33.7 Å². The molecule has 2 amide bonds. The molecule has 1 atom stereocenters. The minimum Gasteiger partial charge on any atom is -0.378 e. The van der Waals surface area contributed by atoms with Crippen LogP contribution in [-0.4, -0.2) is 35.9 Å². The monoisotopic (exact) mass is 336 g/mol. The fraction of sp³-hybridized carbons (Fsp3) is 0.500. The van der Waals surface area contributed by atoms with E-state index < -0.39 is 16.4 Å². The molecule has 0 bridgehead atoms. The van der Waals surface area contributed by atoms with E-state index in [-0.39, 0.29) is 24.0 Å². The summed E-state index contributed by atoms with van der Waals surface area (Å²) < 4.78 is 0. The van der Waals surface area contributed by atoms with Gasteiger partial charge in [0.25, 0.3) is 5.69 Å². The van der Waals surface area contributed by atoms with Gasteiger partial charge in [-0.2, -0.15) is 0 Å². The summed E-state index contributed by atoms with van der Waals surface area (Å²) in [5, 5.41) is 19.1. The van der Waals surface area contributed by atoms with Gasteiger partial charge in [0, 0.05) is 24.6 Å². The summed E-state index contributed by atoms with van der Waals surface area (Å²) >= 11 is 0. The summed E-state index contributed by atoms with van der Waals surface area (Å²) in [5.74, 6) is -0.514. The van der Waals surface area contributed by atoms with Crippen molar-refractivity contribution in [3.63, 3.8) is 0 Å². The Morgan fingerprint density at radius 1 is 1.21 bits per heavy atom. The first kappa shape index (κ1) is 19.4. The highest BCUT2D eigenvalue weighted by atomic mass is 16.6. The van der Waals surface area contributed by atoms with E-state index in [9.17, 15) is 19.7 Å². The Labute approximate surface area is 141 Å². The molecular formula is C16H24N4O4.